The van der Waals surface area contributed by atoms with E-state index in [1.165, 1.54) is 7.11 Å². The highest BCUT2D eigenvalue weighted by Crippen LogP contribution is 2.29. The molecule has 0 saturated heterocycles. The van der Waals surface area contributed by atoms with Gasteiger partial charge in [-0.2, -0.15) is 0 Å². The molecule has 220 valence electrons. The first kappa shape index (κ1) is 28.9. The van der Waals surface area contributed by atoms with Crippen molar-refractivity contribution in [1.82, 2.24) is 0 Å². The number of ether oxygens (including phenoxy) is 7. The molecule has 0 radical (unpaired) electrons. The van der Waals surface area contributed by atoms with Crippen molar-refractivity contribution in [1.29, 1.82) is 0 Å². The standard InChI is InChI=1S/C34H36O8/c1-36-34(35)27-18-32-22-33(19-27)42-24-26-15-29-21-31(17-26)40-13-9-5-4-8-12-39-30-16-25(23-41-32)14-28(20-30)37-10-6-2-3-7-11-38-29/h2-5,14-22H,6-13,23-24H2,1H3/b3-2+,5-4+. The number of fused-ring (bicyclic) bond motifs is 6. The fourth-order valence-electron chi connectivity index (χ4n) is 4.52. The summed E-state index contributed by atoms with van der Waals surface area (Å²) in [6, 6.07) is 16.6. The van der Waals surface area contributed by atoms with Crippen molar-refractivity contribution < 1.29 is 38.0 Å². The number of carbonyl (C=O) groups is 1. The largest absolute Gasteiger partial charge is 0.493 e. The molecule has 0 spiro atoms. The maximum absolute atomic E-state index is 12.4. The van der Waals surface area contributed by atoms with Crippen molar-refractivity contribution in [3.05, 3.63) is 95.6 Å². The third-order valence-electron chi connectivity index (χ3n) is 6.54. The molecule has 0 aromatic heterocycles. The van der Waals surface area contributed by atoms with Crippen LogP contribution >= 0.6 is 0 Å². The summed E-state index contributed by atoms with van der Waals surface area (Å²) in [6.45, 7) is 2.56. The van der Waals surface area contributed by atoms with Gasteiger partial charge in [-0.25, -0.2) is 4.79 Å². The number of hydrogen-bond acceptors (Lipinski definition) is 8. The van der Waals surface area contributed by atoms with Crippen LogP contribution in [-0.2, 0) is 18.0 Å². The van der Waals surface area contributed by atoms with Crippen LogP contribution in [0.4, 0.5) is 0 Å². The van der Waals surface area contributed by atoms with Gasteiger partial charge in [-0.05, 0) is 73.2 Å². The molecule has 0 aliphatic carbocycles. The molecule has 8 nitrogen and oxygen atoms in total. The lowest BCUT2D eigenvalue weighted by Crippen LogP contribution is -2.05. The minimum absolute atomic E-state index is 0.234. The lowest BCUT2D eigenvalue weighted by atomic mass is 10.2. The Morgan fingerprint density at radius 2 is 0.833 bits per heavy atom. The monoisotopic (exact) mass is 572 g/mol. The number of carbonyl (C=O) groups excluding carboxylic acids is 1. The van der Waals surface area contributed by atoms with Crippen LogP contribution in [0.25, 0.3) is 0 Å². The maximum Gasteiger partial charge on any atom is 0.338 e. The number of hydrogen-bond donors (Lipinski definition) is 0. The van der Waals surface area contributed by atoms with E-state index >= 15 is 0 Å². The summed E-state index contributed by atoms with van der Waals surface area (Å²) < 4.78 is 41.5. The lowest BCUT2D eigenvalue weighted by molar-refractivity contribution is 0.0599. The van der Waals surface area contributed by atoms with Gasteiger partial charge >= 0.3 is 5.97 Å². The van der Waals surface area contributed by atoms with Gasteiger partial charge < -0.3 is 33.2 Å². The number of esters is 1. The predicted molar refractivity (Wildman–Crippen MR) is 158 cm³/mol. The third-order valence-corrected chi connectivity index (χ3v) is 6.54. The summed E-state index contributed by atoms with van der Waals surface area (Å²) in [6.07, 6.45) is 11.4. The molecule has 0 fully saturated rings. The van der Waals surface area contributed by atoms with Gasteiger partial charge in [0, 0.05) is 18.2 Å². The maximum atomic E-state index is 12.4. The van der Waals surface area contributed by atoms with Crippen LogP contribution in [0.2, 0.25) is 0 Å². The predicted octanol–water partition coefficient (Wildman–Crippen LogP) is 6.85. The molecular weight excluding hydrogens is 536 g/mol. The SMILES string of the molecule is COC(=O)c1cc2cc(c1)OCc1cc3cc(c1)OCC/C=C/CCOc1cc(cc(c1)OCC/C=C/CCO3)CO2. The zero-order chi connectivity index (χ0) is 29.0. The molecule has 3 aromatic rings. The molecule has 0 atom stereocenters. The van der Waals surface area contributed by atoms with E-state index in [9.17, 15) is 4.79 Å². The summed E-state index contributed by atoms with van der Waals surface area (Å²) in [7, 11) is 1.34. The minimum Gasteiger partial charge on any atom is -0.493 e. The normalized spacial score (nSPS) is 17.4. The molecule has 0 N–H and O–H groups in total. The zero-order valence-electron chi connectivity index (χ0n) is 23.8. The Labute approximate surface area is 246 Å². The average molecular weight is 573 g/mol. The first-order valence-corrected chi connectivity index (χ1v) is 14.2. The molecule has 0 amide bonds. The Morgan fingerprint density at radius 3 is 1.17 bits per heavy atom. The van der Waals surface area contributed by atoms with E-state index in [1.807, 2.05) is 36.4 Å². The Hall–Kier alpha value is -4.59. The van der Waals surface area contributed by atoms with Crippen LogP contribution in [0.1, 0.15) is 47.2 Å². The van der Waals surface area contributed by atoms with Crippen LogP contribution < -0.4 is 28.4 Å². The highest BCUT2D eigenvalue weighted by atomic mass is 16.5. The number of rotatable bonds is 1. The van der Waals surface area contributed by atoms with Gasteiger partial charge in [0.2, 0.25) is 0 Å². The van der Waals surface area contributed by atoms with Crippen molar-refractivity contribution in [2.24, 2.45) is 0 Å². The molecule has 0 saturated carbocycles. The summed E-state index contributed by atoms with van der Waals surface area (Å²) >= 11 is 0. The second kappa shape index (κ2) is 14.9. The van der Waals surface area contributed by atoms with Gasteiger partial charge in [-0.1, -0.05) is 24.3 Å². The van der Waals surface area contributed by atoms with Gasteiger partial charge in [-0.3, -0.25) is 0 Å². The molecule has 2 aliphatic rings. The molecule has 3 aromatic carbocycles. The fraction of sp³-hybridized carbons (Fsp3) is 0.324. The molecule has 42 heavy (non-hydrogen) atoms. The minimum atomic E-state index is -0.485. The number of methoxy groups -OCH3 is 1. The smallest absolute Gasteiger partial charge is 0.338 e. The van der Waals surface area contributed by atoms with E-state index in [2.05, 4.69) is 24.3 Å². The Kier molecular flexibility index (Phi) is 10.2. The van der Waals surface area contributed by atoms with E-state index in [4.69, 9.17) is 33.2 Å². The molecular formula is C34H36O8. The fourth-order valence-corrected chi connectivity index (χ4v) is 4.52. The third kappa shape index (κ3) is 8.70. The van der Waals surface area contributed by atoms with E-state index in [-0.39, 0.29) is 13.2 Å². The van der Waals surface area contributed by atoms with Crippen molar-refractivity contribution in [3.8, 4) is 34.5 Å². The van der Waals surface area contributed by atoms with Gasteiger partial charge in [0.25, 0.3) is 0 Å². The molecule has 8 bridgehead atoms. The first-order valence-electron chi connectivity index (χ1n) is 14.2. The van der Waals surface area contributed by atoms with Crippen molar-refractivity contribution in [3.63, 3.8) is 0 Å². The van der Waals surface area contributed by atoms with Crippen LogP contribution in [-0.4, -0.2) is 39.5 Å². The first-order chi connectivity index (χ1) is 20.6. The summed E-state index contributed by atoms with van der Waals surface area (Å²) in [5.41, 5.74) is 2.06. The second-order valence-corrected chi connectivity index (χ2v) is 9.88. The van der Waals surface area contributed by atoms with Crippen LogP contribution in [0, 0.1) is 0 Å². The van der Waals surface area contributed by atoms with Crippen LogP contribution in [0.15, 0.2) is 78.9 Å². The summed E-state index contributed by atoms with van der Waals surface area (Å²) in [4.78, 5) is 12.4. The second-order valence-electron chi connectivity index (χ2n) is 9.88. The number of benzene rings is 3. The summed E-state index contributed by atoms with van der Waals surface area (Å²) in [5.74, 6) is 3.25. The highest BCUT2D eigenvalue weighted by molar-refractivity contribution is 5.90. The van der Waals surface area contributed by atoms with E-state index in [1.54, 1.807) is 18.2 Å². The molecule has 8 heteroatoms. The molecule has 5 rings (SSSR count). The van der Waals surface area contributed by atoms with Gasteiger partial charge in [0.15, 0.2) is 0 Å². The van der Waals surface area contributed by atoms with E-state index < -0.39 is 5.97 Å². The highest BCUT2D eigenvalue weighted by Gasteiger charge is 2.13. The van der Waals surface area contributed by atoms with Crippen LogP contribution in [0.5, 0.6) is 34.5 Å². The average Bonchev–Trinajstić information content (AvgIpc) is 3.00. The molecule has 0 unspecified atom stereocenters. The van der Waals surface area contributed by atoms with Gasteiger partial charge in [0.05, 0.1) is 39.1 Å². The van der Waals surface area contributed by atoms with Crippen molar-refractivity contribution in [2.45, 2.75) is 38.9 Å². The lowest BCUT2D eigenvalue weighted by Gasteiger charge is -2.15. The van der Waals surface area contributed by atoms with Crippen molar-refractivity contribution in [2.75, 3.05) is 33.5 Å². The van der Waals surface area contributed by atoms with Gasteiger partial charge in [0.1, 0.15) is 47.7 Å². The van der Waals surface area contributed by atoms with E-state index in [0.717, 1.165) is 36.8 Å². The Morgan fingerprint density at radius 1 is 0.500 bits per heavy atom. The van der Waals surface area contributed by atoms with E-state index in [0.29, 0.717) is 66.5 Å². The molecule has 2 aliphatic heterocycles. The molecule has 2 heterocycles. The quantitative estimate of drug-likeness (QED) is 0.231. The van der Waals surface area contributed by atoms with Gasteiger partial charge in [-0.15, -0.1) is 0 Å². The Balaban J connectivity index is 1.52. The van der Waals surface area contributed by atoms with Crippen molar-refractivity contribution >= 4 is 5.97 Å². The Bertz CT molecular complexity index is 1250. The topological polar surface area (TPSA) is 81.7 Å². The zero-order valence-corrected chi connectivity index (χ0v) is 23.8. The summed E-state index contributed by atoms with van der Waals surface area (Å²) in [5, 5.41) is 0. The van der Waals surface area contributed by atoms with Crippen LogP contribution in [0.3, 0.4) is 0 Å².